The second-order valence-electron chi connectivity index (χ2n) is 19.2. The molecule has 62 heavy (non-hydrogen) atoms. The Morgan fingerprint density at radius 1 is 0.548 bits per heavy atom. The maximum absolute atomic E-state index is 4.15. The number of hydrogen-bond donors (Lipinski definition) is 1. The Balaban J connectivity index is 1.11. The predicted octanol–water partition coefficient (Wildman–Crippen LogP) is 14.0. The van der Waals surface area contributed by atoms with Crippen LogP contribution in [0.15, 0.2) is 170 Å². The molecule has 1 N–H and O–H groups in total. The van der Waals surface area contributed by atoms with Gasteiger partial charge in [-0.15, -0.1) is 11.3 Å². The summed E-state index contributed by atoms with van der Waals surface area (Å²) in [7, 11) is 0.830. The van der Waals surface area contributed by atoms with Gasteiger partial charge in [0.05, 0.1) is 16.8 Å². The van der Waals surface area contributed by atoms with Gasteiger partial charge >= 0.3 is 0 Å². The fraction of sp³-hybridized carbons (Fsp3) is 0.172. The Bertz CT molecular complexity index is 3230. The van der Waals surface area contributed by atoms with Crippen molar-refractivity contribution in [2.24, 2.45) is 0 Å². The van der Waals surface area contributed by atoms with Gasteiger partial charge in [0.15, 0.2) is 7.28 Å². The van der Waals surface area contributed by atoms with E-state index in [9.17, 15) is 0 Å². The molecule has 1 aromatic heterocycles. The van der Waals surface area contributed by atoms with Crippen molar-refractivity contribution in [2.45, 2.75) is 63.7 Å². The van der Waals surface area contributed by atoms with Gasteiger partial charge in [-0.25, -0.2) is 0 Å². The van der Waals surface area contributed by atoms with Crippen LogP contribution < -0.4 is 21.1 Å². The Morgan fingerprint density at radius 3 is 2.00 bits per heavy atom. The van der Waals surface area contributed by atoms with Gasteiger partial charge in [-0.05, 0) is 117 Å². The quantitative estimate of drug-likeness (QED) is 0.174. The van der Waals surface area contributed by atoms with Crippen molar-refractivity contribution >= 4 is 78.2 Å². The standard InChI is InChI=1S/C58H49BN2S/c1-36-33-42(40-28-30-51-52(41-21-12-15-26-50(41)62-51)54(40)60-39-27-29-43-46(35-39)57(4,5)32-31-56(43,2)3)53-49(34-36)61-48-25-14-13-22-44(48)58(37-17-8-6-9-18-37,38-19-10-7-11-20-38)45-23-16-24-47(59-53)55(45)61/h6-30,33-35,59-60H,31-32H2,1-5H3. The summed E-state index contributed by atoms with van der Waals surface area (Å²) in [5.41, 5.74) is 20.5. The first kappa shape index (κ1) is 37.4. The molecule has 3 aliphatic rings. The maximum atomic E-state index is 4.15. The van der Waals surface area contributed by atoms with Crippen molar-refractivity contribution in [3.8, 4) is 11.1 Å². The number of para-hydroxylation sites is 2. The second kappa shape index (κ2) is 13.6. The lowest BCUT2D eigenvalue weighted by atomic mass is 9.54. The number of nitrogens with zero attached hydrogens (tertiary/aromatic N) is 1. The van der Waals surface area contributed by atoms with Gasteiger partial charge < -0.3 is 10.2 Å². The molecule has 0 fully saturated rings. The molecule has 300 valence electrons. The Labute approximate surface area is 370 Å². The fourth-order valence-corrected chi connectivity index (χ4v) is 12.7. The molecule has 0 amide bonds. The summed E-state index contributed by atoms with van der Waals surface area (Å²) in [5, 5.41) is 6.76. The van der Waals surface area contributed by atoms with Crippen LogP contribution in [-0.4, -0.2) is 7.28 Å². The molecule has 9 aromatic rings. The molecule has 0 unspecified atom stereocenters. The highest BCUT2D eigenvalue weighted by Gasteiger charge is 2.48. The van der Waals surface area contributed by atoms with Crippen molar-refractivity contribution in [3.05, 3.63) is 209 Å². The molecule has 0 bridgehead atoms. The normalized spacial score (nSPS) is 16.2. The van der Waals surface area contributed by atoms with Crippen LogP contribution in [0, 0.1) is 6.92 Å². The minimum atomic E-state index is -0.494. The molecule has 8 aromatic carbocycles. The number of aryl methyl sites for hydroxylation is 1. The van der Waals surface area contributed by atoms with E-state index in [1.54, 1.807) is 0 Å². The summed E-state index contributed by atoms with van der Waals surface area (Å²) < 4.78 is 2.62. The number of anilines is 5. The highest BCUT2D eigenvalue weighted by Crippen LogP contribution is 2.58. The number of hydrogen-bond acceptors (Lipinski definition) is 3. The zero-order chi connectivity index (χ0) is 42.0. The zero-order valence-corrected chi connectivity index (χ0v) is 37.0. The summed E-state index contributed by atoms with van der Waals surface area (Å²) in [5.74, 6) is 0. The van der Waals surface area contributed by atoms with Crippen LogP contribution in [0.4, 0.5) is 28.4 Å². The van der Waals surface area contributed by atoms with E-state index >= 15 is 0 Å². The van der Waals surface area contributed by atoms with Crippen LogP contribution in [0.1, 0.15) is 79.5 Å². The number of thiophene rings is 1. The molecule has 0 saturated heterocycles. The van der Waals surface area contributed by atoms with E-state index in [0.29, 0.717) is 0 Å². The van der Waals surface area contributed by atoms with Gasteiger partial charge in [0.25, 0.3) is 0 Å². The Hall–Kier alpha value is -6.36. The average molecular weight is 817 g/mol. The molecule has 3 heterocycles. The molecule has 0 radical (unpaired) electrons. The molecule has 0 spiro atoms. The van der Waals surface area contributed by atoms with Crippen LogP contribution >= 0.6 is 11.3 Å². The monoisotopic (exact) mass is 816 g/mol. The van der Waals surface area contributed by atoms with Gasteiger partial charge in [0, 0.05) is 42.8 Å². The maximum Gasteiger partial charge on any atom is 0.198 e. The van der Waals surface area contributed by atoms with Crippen molar-refractivity contribution in [1.29, 1.82) is 0 Å². The second-order valence-corrected chi connectivity index (χ2v) is 20.3. The van der Waals surface area contributed by atoms with E-state index in [0.717, 1.165) is 13.0 Å². The summed E-state index contributed by atoms with van der Waals surface area (Å²) in [6, 6.07) is 64.4. The Morgan fingerprint density at radius 2 is 1.23 bits per heavy atom. The number of fused-ring (bicyclic) bond motifs is 8. The fourth-order valence-electron chi connectivity index (χ4n) is 11.6. The molecule has 2 aliphatic heterocycles. The minimum Gasteiger partial charge on any atom is -0.354 e. The third-order valence-corrected chi connectivity index (χ3v) is 15.8. The first-order valence-electron chi connectivity index (χ1n) is 22.3. The van der Waals surface area contributed by atoms with E-state index in [1.807, 2.05) is 11.3 Å². The van der Waals surface area contributed by atoms with Gasteiger partial charge in [-0.2, -0.15) is 0 Å². The molecule has 1 aliphatic carbocycles. The third kappa shape index (κ3) is 5.35. The van der Waals surface area contributed by atoms with E-state index in [1.165, 1.54) is 117 Å². The van der Waals surface area contributed by atoms with E-state index in [2.05, 4.69) is 215 Å². The lowest BCUT2D eigenvalue weighted by molar-refractivity contribution is 0.332. The lowest BCUT2D eigenvalue weighted by Crippen LogP contribution is -2.47. The highest BCUT2D eigenvalue weighted by molar-refractivity contribution is 7.26. The van der Waals surface area contributed by atoms with Crippen LogP contribution in [0.3, 0.4) is 0 Å². The van der Waals surface area contributed by atoms with Gasteiger partial charge in [0.1, 0.15) is 0 Å². The molecule has 0 saturated carbocycles. The molecule has 12 rings (SSSR count). The minimum absolute atomic E-state index is 0.109. The van der Waals surface area contributed by atoms with Crippen LogP contribution in [0.2, 0.25) is 0 Å². The average Bonchev–Trinajstić information content (AvgIpc) is 3.68. The lowest BCUT2D eigenvalue weighted by Gasteiger charge is -2.49. The molecule has 0 atom stereocenters. The van der Waals surface area contributed by atoms with Gasteiger partial charge in [-0.1, -0.05) is 167 Å². The van der Waals surface area contributed by atoms with Crippen molar-refractivity contribution in [1.82, 2.24) is 0 Å². The first-order chi connectivity index (χ1) is 30.1. The predicted molar refractivity (Wildman–Crippen MR) is 267 cm³/mol. The third-order valence-electron chi connectivity index (χ3n) is 14.6. The SMILES string of the molecule is Cc1cc(-c2ccc3sc4ccccc4c3c2Nc2ccc3c(c2)C(C)(C)CCC3(C)C)c2c(c1)N1c3ccccc3C(c3ccccc3)(c3ccccc3)c3cccc(c31)B2. The molecule has 2 nitrogen and oxygen atoms in total. The summed E-state index contributed by atoms with van der Waals surface area (Å²) in [4.78, 5) is 2.61. The first-order valence-corrected chi connectivity index (χ1v) is 23.1. The van der Waals surface area contributed by atoms with Crippen molar-refractivity contribution in [2.75, 3.05) is 10.2 Å². The number of benzene rings is 8. The smallest absolute Gasteiger partial charge is 0.198 e. The number of rotatable bonds is 5. The van der Waals surface area contributed by atoms with Gasteiger partial charge in [-0.3, -0.25) is 0 Å². The van der Waals surface area contributed by atoms with Gasteiger partial charge in [0.2, 0.25) is 0 Å². The summed E-state index contributed by atoms with van der Waals surface area (Å²) >= 11 is 1.89. The van der Waals surface area contributed by atoms with Crippen molar-refractivity contribution < 1.29 is 0 Å². The van der Waals surface area contributed by atoms with E-state index in [-0.39, 0.29) is 10.8 Å². The van der Waals surface area contributed by atoms with Crippen LogP contribution in [0.5, 0.6) is 0 Å². The summed E-state index contributed by atoms with van der Waals surface area (Å²) in [6.45, 7) is 12.0. The van der Waals surface area contributed by atoms with Crippen LogP contribution in [-0.2, 0) is 16.2 Å². The molecular formula is C58H49BN2S. The van der Waals surface area contributed by atoms with Crippen molar-refractivity contribution in [3.63, 3.8) is 0 Å². The van der Waals surface area contributed by atoms with E-state index in [4.69, 9.17) is 0 Å². The molecular weight excluding hydrogens is 768 g/mol. The summed E-state index contributed by atoms with van der Waals surface area (Å²) in [6.07, 6.45) is 2.39. The Kier molecular flexibility index (Phi) is 8.19. The topological polar surface area (TPSA) is 15.3 Å². The number of nitrogens with one attached hydrogen (secondary N) is 1. The highest BCUT2D eigenvalue weighted by atomic mass is 32.1. The zero-order valence-electron chi connectivity index (χ0n) is 36.1. The van der Waals surface area contributed by atoms with Crippen LogP contribution in [0.25, 0.3) is 31.3 Å². The molecule has 4 heteroatoms. The largest absolute Gasteiger partial charge is 0.354 e. The van der Waals surface area contributed by atoms with E-state index < -0.39 is 5.41 Å².